The Morgan fingerprint density at radius 1 is 1.33 bits per heavy atom. The number of rotatable bonds is 4. The highest BCUT2D eigenvalue weighted by atomic mass is 35.7. The first-order valence-corrected chi connectivity index (χ1v) is 7.87. The van der Waals surface area contributed by atoms with Crippen molar-refractivity contribution < 1.29 is 30.8 Å². The molecule has 0 spiro atoms. The van der Waals surface area contributed by atoms with Crippen LogP contribution in [-0.4, -0.2) is 38.5 Å². The Labute approximate surface area is 122 Å². The molecule has 1 aromatic rings. The van der Waals surface area contributed by atoms with Crippen LogP contribution in [0.3, 0.4) is 0 Å². The molecule has 1 rings (SSSR count). The lowest BCUT2D eigenvalue weighted by molar-refractivity contribution is -0.140. The van der Waals surface area contributed by atoms with E-state index >= 15 is 0 Å². The number of benzene rings is 1. The zero-order chi connectivity index (χ0) is 16.4. The number of nitrogens with zero attached hydrogens (tertiary/aromatic N) is 1. The third-order valence-corrected chi connectivity index (χ3v) is 3.84. The van der Waals surface area contributed by atoms with Gasteiger partial charge in [0.25, 0.3) is 15.0 Å². The number of halogens is 5. The van der Waals surface area contributed by atoms with Crippen LogP contribution in [0.15, 0.2) is 23.1 Å². The van der Waals surface area contributed by atoms with Crippen molar-refractivity contribution in [1.82, 2.24) is 4.90 Å². The second-order valence-electron chi connectivity index (χ2n) is 4.01. The van der Waals surface area contributed by atoms with E-state index in [-0.39, 0.29) is 6.54 Å². The molecular formula is C11H10ClF4NO3S. The van der Waals surface area contributed by atoms with Crippen molar-refractivity contribution in [3.63, 3.8) is 0 Å². The molecule has 21 heavy (non-hydrogen) atoms. The summed E-state index contributed by atoms with van der Waals surface area (Å²) < 4.78 is 72.8. The van der Waals surface area contributed by atoms with Crippen LogP contribution in [0, 0.1) is 5.82 Å². The fourth-order valence-electron chi connectivity index (χ4n) is 1.53. The molecule has 0 bridgehead atoms. The second-order valence-corrected chi connectivity index (χ2v) is 6.58. The Morgan fingerprint density at radius 2 is 1.90 bits per heavy atom. The molecule has 1 amide bonds. The lowest BCUT2D eigenvalue weighted by Gasteiger charge is -2.22. The molecule has 0 atom stereocenters. The number of hydrogen-bond acceptors (Lipinski definition) is 3. The zero-order valence-corrected chi connectivity index (χ0v) is 12.2. The van der Waals surface area contributed by atoms with Crippen molar-refractivity contribution in [3.05, 3.63) is 29.6 Å². The summed E-state index contributed by atoms with van der Waals surface area (Å²) in [5.74, 6) is -2.40. The molecule has 1 aromatic carbocycles. The molecule has 10 heteroatoms. The maximum absolute atomic E-state index is 13.6. The number of carbonyl (C=O) groups is 1. The minimum absolute atomic E-state index is 0.324. The molecule has 0 radical (unpaired) electrons. The Bertz CT molecular complexity index is 645. The molecule has 0 saturated carbocycles. The smallest absolute Gasteiger partial charge is 0.330 e. The van der Waals surface area contributed by atoms with Crippen LogP contribution in [0.5, 0.6) is 0 Å². The van der Waals surface area contributed by atoms with Gasteiger partial charge in [-0.15, -0.1) is 0 Å². The van der Waals surface area contributed by atoms with Crippen LogP contribution in [0.2, 0.25) is 0 Å². The van der Waals surface area contributed by atoms with E-state index in [4.69, 9.17) is 10.7 Å². The monoisotopic (exact) mass is 347 g/mol. The van der Waals surface area contributed by atoms with Crippen molar-refractivity contribution in [1.29, 1.82) is 0 Å². The Kier molecular flexibility index (Phi) is 5.21. The van der Waals surface area contributed by atoms with Crippen LogP contribution in [0.25, 0.3) is 0 Å². The molecule has 0 aliphatic heterocycles. The summed E-state index contributed by atoms with van der Waals surface area (Å²) in [6.45, 7) is -0.612. The second kappa shape index (κ2) is 6.18. The predicted molar refractivity (Wildman–Crippen MR) is 67.1 cm³/mol. The van der Waals surface area contributed by atoms with Crippen molar-refractivity contribution in [2.24, 2.45) is 0 Å². The maximum Gasteiger partial charge on any atom is 0.406 e. The molecule has 0 N–H and O–H groups in total. The van der Waals surface area contributed by atoms with Gasteiger partial charge in [-0.25, -0.2) is 12.8 Å². The quantitative estimate of drug-likeness (QED) is 0.621. The number of hydrogen-bond donors (Lipinski definition) is 0. The first kappa shape index (κ1) is 17.7. The van der Waals surface area contributed by atoms with Crippen molar-refractivity contribution >= 4 is 25.6 Å². The number of carbonyl (C=O) groups excluding carboxylic acids is 1. The molecule has 0 heterocycles. The van der Waals surface area contributed by atoms with Gasteiger partial charge < -0.3 is 4.90 Å². The third kappa shape index (κ3) is 4.85. The molecular weight excluding hydrogens is 338 g/mol. The highest BCUT2D eigenvalue weighted by Crippen LogP contribution is 2.22. The topological polar surface area (TPSA) is 54.5 Å². The summed E-state index contributed by atoms with van der Waals surface area (Å²) in [5, 5.41) is 0. The summed E-state index contributed by atoms with van der Waals surface area (Å²) in [4.78, 5) is 11.7. The Balaban J connectivity index is 3.22. The number of amides is 1. The summed E-state index contributed by atoms with van der Waals surface area (Å²) in [5.41, 5.74) is -0.789. The van der Waals surface area contributed by atoms with Gasteiger partial charge in [0.15, 0.2) is 0 Å². The lowest BCUT2D eigenvalue weighted by atomic mass is 10.2. The zero-order valence-electron chi connectivity index (χ0n) is 10.6. The molecule has 0 fully saturated rings. The fourth-order valence-corrected chi connectivity index (χ4v) is 2.31. The van der Waals surface area contributed by atoms with Crippen LogP contribution >= 0.6 is 10.7 Å². The van der Waals surface area contributed by atoms with Crippen molar-refractivity contribution in [2.75, 3.05) is 13.1 Å². The molecule has 0 saturated heterocycles. The summed E-state index contributed by atoms with van der Waals surface area (Å²) >= 11 is 0. The van der Waals surface area contributed by atoms with Gasteiger partial charge >= 0.3 is 6.18 Å². The van der Waals surface area contributed by atoms with Crippen LogP contribution in [0.1, 0.15) is 17.3 Å². The number of alkyl halides is 3. The molecule has 4 nitrogen and oxygen atoms in total. The standard InChI is InChI=1S/C11H10ClF4NO3S/c1-2-17(6-11(14,15)16)10(18)8-5-7(21(12,19)20)3-4-9(8)13/h3-5H,2,6H2,1H3. The van der Waals surface area contributed by atoms with Gasteiger partial charge in [-0.1, -0.05) is 0 Å². The van der Waals surface area contributed by atoms with Gasteiger partial charge in [0.05, 0.1) is 10.5 Å². The lowest BCUT2D eigenvalue weighted by Crippen LogP contribution is -2.39. The average Bonchev–Trinajstić information content (AvgIpc) is 2.33. The van der Waals surface area contributed by atoms with E-state index in [1.165, 1.54) is 6.92 Å². The van der Waals surface area contributed by atoms with Gasteiger partial charge in [-0.2, -0.15) is 13.2 Å². The molecule has 118 valence electrons. The van der Waals surface area contributed by atoms with E-state index in [1.54, 1.807) is 0 Å². The van der Waals surface area contributed by atoms with E-state index in [0.717, 1.165) is 6.07 Å². The molecule has 0 aliphatic rings. The normalized spacial score (nSPS) is 12.3. The fraction of sp³-hybridized carbons (Fsp3) is 0.364. The predicted octanol–water partition coefficient (Wildman–Crippen LogP) is 2.78. The summed E-state index contributed by atoms with van der Waals surface area (Å²) in [7, 11) is 0.822. The highest BCUT2D eigenvalue weighted by molar-refractivity contribution is 8.13. The van der Waals surface area contributed by atoms with Crippen LogP contribution in [0.4, 0.5) is 17.6 Å². The first-order valence-electron chi connectivity index (χ1n) is 5.56. The van der Waals surface area contributed by atoms with Crippen molar-refractivity contribution in [3.8, 4) is 0 Å². The van der Waals surface area contributed by atoms with Gasteiger partial charge in [-0.05, 0) is 25.1 Å². The molecule has 0 aliphatic carbocycles. The minimum atomic E-state index is -4.65. The third-order valence-electron chi connectivity index (χ3n) is 2.49. The van der Waals surface area contributed by atoms with Crippen LogP contribution in [-0.2, 0) is 9.05 Å². The van der Waals surface area contributed by atoms with E-state index in [9.17, 15) is 30.8 Å². The van der Waals surface area contributed by atoms with Crippen LogP contribution < -0.4 is 0 Å². The average molecular weight is 348 g/mol. The minimum Gasteiger partial charge on any atom is -0.330 e. The van der Waals surface area contributed by atoms with Gasteiger partial charge in [-0.3, -0.25) is 4.79 Å². The van der Waals surface area contributed by atoms with Gasteiger partial charge in [0.2, 0.25) is 0 Å². The van der Waals surface area contributed by atoms with Gasteiger partial charge in [0, 0.05) is 17.2 Å². The molecule has 0 aromatic heterocycles. The summed E-state index contributed by atoms with van der Waals surface area (Å²) in [6.07, 6.45) is -4.65. The van der Waals surface area contributed by atoms with E-state index in [0.29, 0.717) is 17.0 Å². The largest absolute Gasteiger partial charge is 0.406 e. The molecule has 0 unspecified atom stereocenters. The Morgan fingerprint density at radius 3 is 2.33 bits per heavy atom. The Hall–Kier alpha value is -1.35. The highest BCUT2D eigenvalue weighted by Gasteiger charge is 2.33. The van der Waals surface area contributed by atoms with E-state index in [2.05, 4.69) is 0 Å². The SMILES string of the molecule is CCN(CC(F)(F)F)C(=O)c1cc(S(=O)(=O)Cl)ccc1F. The van der Waals surface area contributed by atoms with Gasteiger partial charge in [0.1, 0.15) is 12.4 Å². The van der Waals surface area contributed by atoms with E-state index < -0.39 is 44.0 Å². The summed E-state index contributed by atoms with van der Waals surface area (Å²) in [6, 6.07) is 2.08. The first-order chi connectivity index (χ1) is 9.45. The van der Waals surface area contributed by atoms with Crippen molar-refractivity contribution in [2.45, 2.75) is 18.0 Å². The maximum atomic E-state index is 13.6. The van der Waals surface area contributed by atoms with E-state index in [1.807, 2.05) is 0 Å².